The van der Waals surface area contributed by atoms with Gasteiger partial charge in [-0.1, -0.05) is 0 Å². The number of ether oxygens (including phenoxy) is 2. The molecule has 0 bridgehead atoms. The highest BCUT2D eigenvalue weighted by Crippen LogP contribution is 2.21. The van der Waals surface area contributed by atoms with E-state index in [4.69, 9.17) is 9.84 Å². The topological polar surface area (TPSA) is 71.9 Å². The number of anilines is 1. The lowest BCUT2D eigenvalue weighted by Crippen LogP contribution is -2.37. The quantitative estimate of drug-likeness (QED) is 0.806. The Morgan fingerprint density at radius 2 is 2.25 bits per heavy atom. The zero-order valence-electron chi connectivity index (χ0n) is 11.6. The van der Waals surface area contributed by atoms with Gasteiger partial charge >= 0.3 is 5.97 Å². The molecule has 0 aliphatic carbocycles. The van der Waals surface area contributed by atoms with Crippen LogP contribution in [-0.4, -0.2) is 55.6 Å². The maximum absolute atomic E-state index is 11.5. The molecule has 1 N–H and O–H groups in total. The largest absolute Gasteiger partial charge is 0.464 e. The van der Waals surface area contributed by atoms with Crippen molar-refractivity contribution in [1.29, 1.82) is 0 Å². The van der Waals surface area contributed by atoms with Gasteiger partial charge in [0.1, 0.15) is 5.69 Å². The number of nitrogens with zero attached hydrogens (tertiary/aromatic N) is 2. The van der Waals surface area contributed by atoms with Crippen LogP contribution in [0.3, 0.4) is 0 Å². The second-order valence-electron chi connectivity index (χ2n) is 4.67. The number of hydrogen-bond acceptors (Lipinski definition) is 6. The third-order valence-electron chi connectivity index (χ3n) is 3.39. The predicted molar refractivity (Wildman–Crippen MR) is 73.8 cm³/mol. The number of piperidine rings is 1. The fourth-order valence-corrected chi connectivity index (χ4v) is 2.33. The van der Waals surface area contributed by atoms with Gasteiger partial charge in [0.25, 0.3) is 0 Å². The molecule has 1 aromatic rings. The molecular weight excluding hydrogens is 260 g/mol. The molecule has 6 nitrogen and oxygen atoms in total. The molecule has 0 saturated carbocycles. The number of pyridine rings is 1. The summed E-state index contributed by atoms with van der Waals surface area (Å²) in [6.45, 7) is 2.18. The molecule has 2 rings (SSSR count). The predicted octanol–water partition coefficient (Wildman–Crippen LogP) is 0.846. The number of rotatable bonds is 5. The summed E-state index contributed by atoms with van der Waals surface area (Å²) in [7, 11) is 1.35. The van der Waals surface area contributed by atoms with E-state index < -0.39 is 5.97 Å². The van der Waals surface area contributed by atoms with Crippen LogP contribution in [0.4, 0.5) is 5.69 Å². The maximum Gasteiger partial charge on any atom is 0.356 e. The number of aliphatic hydroxyl groups is 1. The number of carbonyl (C=O) groups is 1. The molecule has 0 unspecified atom stereocenters. The van der Waals surface area contributed by atoms with Crippen molar-refractivity contribution in [3.63, 3.8) is 0 Å². The van der Waals surface area contributed by atoms with Crippen molar-refractivity contribution in [2.75, 3.05) is 38.3 Å². The lowest BCUT2D eigenvalue weighted by atomic mass is 10.1. The fraction of sp³-hybridized carbons (Fsp3) is 0.571. The normalized spacial score (nSPS) is 16.2. The lowest BCUT2D eigenvalue weighted by molar-refractivity contribution is 0.0159. The number of methoxy groups -OCH3 is 1. The molecule has 1 fully saturated rings. The minimum Gasteiger partial charge on any atom is -0.464 e. The smallest absolute Gasteiger partial charge is 0.356 e. The minimum atomic E-state index is -0.423. The van der Waals surface area contributed by atoms with E-state index in [0.29, 0.717) is 12.3 Å². The second kappa shape index (κ2) is 7.21. The molecule has 1 aliphatic rings. The molecule has 2 heterocycles. The van der Waals surface area contributed by atoms with Crippen LogP contribution in [-0.2, 0) is 9.47 Å². The molecule has 1 aliphatic heterocycles. The summed E-state index contributed by atoms with van der Waals surface area (Å²) < 4.78 is 10.2. The SMILES string of the molecule is COC(=O)c1cc(N2CCC(OCCO)CC2)ccn1. The van der Waals surface area contributed by atoms with E-state index in [1.165, 1.54) is 7.11 Å². The van der Waals surface area contributed by atoms with E-state index in [9.17, 15) is 4.79 Å². The van der Waals surface area contributed by atoms with Crippen molar-refractivity contribution in [2.24, 2.45) is 0 Å². The number of carbonyl (C=O) groups excluding carboxylic acids is 1. The summed E-state index contributed by atoms with van der Waals surface area (Å²) in [6, 6.07) is 3.64. The van der Waals surface area contributed by atoms with Crippen LogP contribution >= 0.6 is 0 Å². The Bertz CT molecular complexity index is 445. The van der Waals surface area contributed by atoms with E-state index in [-0.39, 0.29) is 12.7 Å². The van der Waals surface area contributed by atoms with Crippen LogP contribution in [0.15, 0.2) is 18.3 Å². The van der Waals surface area contributed by atoms with Gasteiger partial charge in [0.05, 0.1) is 26.4 Å². The van der Waals surface area contributed by atoms with Gasteiger partial charge in [0.15, 0.2) is 0 Å². The van der Waals surface area contributed by atoms with Crippen LogP contribution in [0.2, 0.25) is 0 Å². The molecule has 0 spiro atoms. The number of esters is 1. The molecule has 1 saturated heterocycles. The first-order chi connectivity index (χ1) is 9.74. The molecule has 6 heteroatoms. The molecule has 0 amide bonds. The summed E-state index contributed by atoms with van der Waals surface area (Å²) in [6.07, 6.45) is 3.65. The first-order valence-corrected chi connectivity index (χ1v) is 6.76. The molecule has 0 atom stereocenters. The first kappa shape index (κ1) is 14.7. The van der Waals surface area contributed by atoms with E-state index in [1.807, 2.05) is 6.07 Å². The maximum atomic E-state index is 11.5. The minimum absolute atomic E-state index is 0.0626. The van der Waals surface area contributed by atoms with E-state index in [1.54, 1.807) is 12.3 Å². The van der Waals surface area contributed by atoms with E-state index in [2.05, 4.69) is 14.6 Å². The lowest BCUT2D eigenvalue weighted by Gasteiger charge is -2.33. The second-order valence-corrected chi connectivity index (χ2v) is 4.67. The Kier molecular flexibility index (Phi) is 5.31. The highest BCUT2D eigenvalue weighted by molar-refractivity contribution is 5.88. The van der Waals surface area contributed by atoms with Gasteiger partial charge < -0.3 is 19.5 Å². The zero-order valence-corrected chi connectivity index (χ0v) is 11.6. The van der Waals surface area contributed by atoms with Crippen LogP contribution in [0.25, 0.3) is 0 Å². The third-order valence-corrected chi connectivity index (χ3v) is 3.39. The Balaban J connectivity index is 1.95. The van der Waals surface area contributed by atoms with Crippen molar-refractivity contribution < 1.29 is 19.4 Å². The van der Waals surface area contributed by atoms with Gasteiger partial charge in [-0.15, -0.1) is 0 Å². The van der Waals surface area contributed by atoms with Crippen molar-refractivity contribution in [3.05, 3.63) is 24.0 Å². The average Bonchev–Trinajstić information content (AvgIpc) is 2.52. The third kappa shape index (κ3) is 3.68. The Hall–Kier alpha value is -1.66. The number of aliphatic hydroxyl groups excluding tert-OH is 1. The van der Waals surface area contributed by atoms with Crippen LogP contribution < -0.4 is 4.90 Å². The van der Waals surface area contributed by atoms with E-state index in [0.717, 1.165) is 31.6 Å². The van der Waals surface area contributed by atoms with Gasteiger partial charge in [-0.2, -0.15) is 0 Å². The van der Waals surface area contributed by atoms with Gasteiger partial charge in [-0.05, 0) is 25.0 Å². The van der Waals surface area contributed by atoms with Crippen LogP contribution in [0.5, 0.6) is 0 Å². The Morgan fingerprint density at radius 1 is 1.50 bits per heavy atom. The van der Waals surface area contributed by atoms with Crippen LogP contribution in [0, 0.1) is 0 Å². The zero-order chi connectivity index (χ0) is 14.4. The molecule has 0 aromatic carbocycles. The Morgan fingerprint density at radius 3 is 2.90 bits per heavy atom. The molecule has 110 valence electrons. The summed E-state index contributed by atoms with van der Waals surface area (Å²) in [4.78, 5) is 17.7. The molecular formula is C14H20N2O4. The molecule has 1 aromatic heterocycles. The van der Waals surface area contributed by atoms with Crippen LogP contribution in [0.1, 0.15) is 23.3 Å². The standard InChI is InChI=1S/C14H20N2O4/c1-19-14(18)13-10-11(2-5-15-13)16-6-3-12(4-7-16)20-9-8-17/h2,5,10,12,17H,3-4,6-9H2,1H3. The van der Waals surface area contributed by atoms with Crippen molar-refractivity contribution in [2.45, 2.75) is 18.9 Å². The van der Waals surface area contributed by atoms with Gasteiger partial charge in [0.2, 0.25) is 0 Å². The first-order valence-electron chi connectivity index (χ1n) is 6.76. The highest BCUT2D eigenvalue weighted by atomic mass is 16.5. The monoisotopic (exact) mass is 280 g/mol. The van der Waals surface area contributed by atoms with E-state index >= 15 is 0 Å². The summed E-state index contributed by atoms with van der Waals surface area (Å²) in [5.41, 5.74) is 1.30. The number of hydrogen-bond donors (Lipinski definition) is 1. The van der Waals surface area contributed by atoms with Crippen molar-refractivity contribution in [1.82, 2.24) is 4.98 Å². The number of aromatic nitrogens is 1. The molecule has 0 radical (unpaired) electrons. The molecule has 20 heavy (non-hydrogen) atoms. The fourth-order valence-electron chi connectivity index (χ4n) is 2.33. The Labute approximate surface area is 118 Å². The van der Waals surface area contributed by atoms with Gasteiger partial charge in [-0.25, -0.2) is 9.78 Å². The van der Waals surface area contributed by atoms with Crippen molar-refractivity contribution in [3.8, 4) is 0 Å². The summed E-state index contributed by atoms with van der Waals surface area (Å²) >= 11 is 0. The van der Waals surface area contributed by atoms with Crippen molar-refractivity contribution >= 4 is 11.7 Å². The highest BCUT2D eigenvalue weighted by Gasteiger charge is 2.20. The summed E-state index contributed by atoms with van der Waals surface area (Å²) in [5.74, 6) is -0.423. The average molecular weight is 280 g/mol. The van der Waals surface area contributed by atoms with Gasteiger partial charge in [-0.3, -0.25) is 0 Å². The summed E-state index contributed by atoms with van der Waals surface area (Å²) in [5, 5.41) is 8.75. The van der Waals surface area contributed by atoms with Gasteiger partial charge in [0, 0.05) is 25.0 Å².